The molecule has 0 spiro atoms. The lowest BCUT2D eigenvalue weighted by atomic mass is 9.92. The number of rotatable bonds is 2. The number of para-hydroxylation sites is 1. The van der Waals surface area contributed by atoms with E-state index in [-0.39, 0.29) is 12.2 Å². The van der Waals surface area contributed by atoms with E-state index in [1.54, 1.807) is 24.3 Å². The Bertz CT molecular complexity index is 652. The van der Waals surface area contributed by atoms with Crippen molar-refractivity contribution in [3.05, 3.63) is 65.2 Å². The second-order valence-corrected chi connectivity index (χ2v) is 4.37. The van der Waals surface area contributed by atoms with Crippen LogP contribution >= 0.6 is 0 Å². The minimum Gasteiger partial charge on any atom is -0.492 e. The van der Waals surface area contributed by atoms with Gasteiger partial charge in [0.2, 0.25) is 0 Å². The van der Waals surface area contributed by atoms with Crippen molar-refractivity contribution in [3.8, 4) is 5.75 Å². The maximum atomic E-state index is 13.6. The summed E-state index contributed by atoms with van der Waals surface area (Å²) >= 11 is 0. The summed E-state index contributed by atoms with van der Waals surface area (Å²) in [6, 6.07) is 10.7. The number of fused-ring (bicyclic) bond motifs is 1. The summed E-state index contributed by atoms with van der Waals surface area (Å²) in [7, 11) is 0. The monoisotopic (exact) mass is 260 g/mol. The quantitative estimate of drug-likeness (QED) is 0.774. The molecular weight excluding hydrogens is 250 g/mol. The van der Waals surface area contributed by atoms with Gasteiger partial charge in [-0.25, -0.2) is 8.78 Å². The second-order valence-electron chi connectivity index (χ2n) is 4.37. The van der Waals surface area contributed by atoms with Crippen molar-refractivity contribution in [3.63, 3.8) is 0 Å². The van der Waals surface area contributed by atoms with E-state index >= 15 is 0 Å². The molecule has 0 fully saturated rings. The molecule has 3 rings (SSSR count). The minimum absolute atomic E-state index is 0.161. The van der Waals surface area contributed by atoms with Gasteiger partial charge in [-0.2, -0.15) is 0 Å². The number of hydrogen-bond donors (Lipinski definition) is 0. The van der Waals surface area contributed by atoms with Gasteiger partial charge in [-0.15, -0.1) is 0 Å². The fourth-order valence-corrected chi connectivity index (χ4v) is 2.26. The van der Waals surface area contributed by atoms with E-state index in [1.165, 1.54) is 12.1 Å². The van der Waals surface area contributed by atoms with Gasteiger partial charge in [-0.05, 0) is 18.2 Å². The molecule has 1 atom stereocenters. The van der Waals surface area contributed by atoms with E-state index in [1.807, 2.05) is 0 Å². The van der Waals surface area contributed by atoms with Crippen LogP contribution < -0.4 is 4.74 Å². The molecule has 0 radical (unpaired) electrons. The Morgan fingerprint density at radius 3 is 2.74 bits per heavy atom. The lowest BCUT2D eigenvalue weighted by Gasteiger charge is -2.09. The van der Waals surface area contributed by atoms with Crippen molar-refractivity contribution in [1.29, 1.82) is 0 Å². The van der Waals surface area contributed by atoms with Crippen LogP contribution in [0.5, 0.6) is 5.75 Å². The van der Waals surface area contributed by atoms with Crippen molar-refractivity contribution >= 4 is 5.78 Å². The SMILES string of the molecule is O=C(c1cccc(F)c1F)C1COc2ccccc21. The van der Waals surface area contributed by atoms with Crippen LogP contribution in [0.1, 0.15) is 21.8 Å². The molecule has 0 saturated heterocycles. The first-order valence-corrected chi connectivity index (χ1v) is 5.88. The predicted molar refractivity (Wildman–Crippen MR) is 65.4 cm³/mol. The zero-order valence-corrected chi connectivity index (χ0v) is 9.90. The maximum Gasteiger partial charge on any atom is 0.176 e. The summed E-state index contributed by atoms with van der Waals surface area (Å²) in [6.45, 7) is 0.161. The molecule has 2 aromatic rings. The van der Waals surface area contributed by atoms with Crippen LogP contribution in [0.3, 0.4) is 0 Å². The molecule has 1 heterocycles. The fourth-order valence-electron chi connectivity index (χ4n) is 2.26. The number of halogens is 2. The molecule has 1 aliphatic heterocycles. The number of ketones is 1. The van der Waals surface area contributed by atoms with Crippen molar-refractivity contribution in [2.45, 2.75) is 5.92 Å². The van der Waals surface area contributed by atoms with Gasteiger partial charge in [-0.3, -0.25) is 4.79 Å². The molecule has 1 unspecified atom stereocenters. The molecule has 96 valence electrons. The number of carbonyl (C=O) groups excluding carboxylic acids is 1. The van der Waals surface area contributed by atoms with Crippen LogP contribution in [0, 0.1) is 11.6 Å². The standard InChI is InChI=1S/C15H10F2O2/c16-12-6-3-5-10(14(12)17)15(18)11-8-19-13-7-2-1-4-9(11)13/h1-7,11H,8H2. The molecule has 2 aromatic carbocycles. The molecule has 0 bridgehead atoms. The smallest absolute Gasteiger partial charge is 0.176 e. The Hall–Kier alpha value is -2.23. The number of benzene rings is 2. The van der Waals surface area contributed by atoms with E-state index in [2.05, 4.69) is 0 Å². The van der Waals surface area contributed by atoms with Crippen LogP contribution in [-0.4, -0.2) is 12.4 Å². The summed E-state index contributed by atoms with van der Waals surface area (Å²) in [6.07, 6.45) is 0. The topological polar surface area (TPSA) is 26.3 Å². The van der Waals surface area contributed by atoms with Gasteiger partial charge in [0, 0.05) is 5.56 Å². The average Bonchev–Trinajstić information content (AvgIpc) is 2.85. The zero-order chi connectivity index (χ0) is 13.4. The van der Waals surface area contributed by atoms with Crippen molar-refractivity contribution in [1.82, 2.24) is 0 Å². The minimum atomic E-state index is -1.10. The molecule has 0 aromatic heterocycles. The van der Waals surface area contributed by atoms with Gasteiger partial charge in [0.15, 0.2) is 17.4 Å². The van der Waals surface area contributed by atoms with Crippen LogP contribution in [0.15, 0.2) is 42.5 Å². The van der Waals surface area contributed by atoms with E-state index < -0.39 is 23.3 Å². The lowest BCUT2D eigenvalue weighted by molar-refractivity contribution is 0.0942. The molecule has 0 saturated carbocycles. The lowest BCUT2D eigenvalue weighted by Crippen LogP contribution is -2.16. The van der Waals surface area contributed by atoms with Gasteiger partial charge in [-0.1, -0.05) is 24.3 Å². The van der Waals surface area contributed by atoms with Gasteiger partial charge in [0.25, 0.3) is 0 Å². The van der Waals surface area contributed by atoms with Crippen LogP contribution in [0.2, 0.25) is 0 Å². The van der Waals surface area contributed by atoms with Crippen molar-refractivity contribution in [2.24, 2.45) is 0 Å². The van der Waals surface area contributed by atoms with Crippen LogP contribution in [-0.2, 0) is 0 Å². The number of Topliss-reactive ketones (excluding diaryl/α,β-unsaturated/α-hetero) is 1. The molecule has 0 amide bonds. The van der Waals surface area contributed by atoms with E-state index in [4.69, 9.17) is 4.74 Å². The van der Waals surface area contributed by atoms with Gasteiger partial charge >= 0.3 is 0 Å². The summed E-state index contributed by atoms with van der Waals surface area (Å²) < 4.78 is 32.2. The Morgan fingerprint density at radius 2 is 1.89 bits per heavy atom. The first kappa shape index (κ1) is 11.8. The number of ether oxygens (including phenoxy) is 1. The van der Waals surface area contributed by atoms with Crippen LogP contribution in [0.25, 0.3) is 0 Å². The van der Waals surface area contributed by atoms with E-state index in [0.29, 0.717) is 5.75 Å². The highest BCUT2D eigenvalue weighted by Crippen LogP contribution is 2.35. The highest BCUT2D eigenvalue weighted by atomic mass is 19.2. The summed E-state index contributed by atoms with van der Waals surface area (Å²) in [5.74, 6) is -2.53. The highest BCUT2D eigenvalue weighted by molar-refractivity contribution is 6.02. The largest absolute Gasteiger partial charge is 0.492 e. The van der Waals surface area contributed by atoms with Crippen molar-refractivity contribution in [2.75, 3.05) is 6.61 Å². The Kier molecular flexibility index (Phi) is 2.78. The first-order chi connectivity index (χ1) is 9.18. The number of carbonyl (C=O) groups is 1. The molecule has 0 aliphatic carbocycles. The maximum absolute atomic E-state index is 13.6. The predicted octanol–water partition coefficient (Wildman–Crippen LogP) is 3.32. The molecule has 1 aliphatic rings. The number of hydrogen-bond acceptors (Lipinski definition) is 2. The first-order valence-electron chi connectivity index (χ1n) is 5.88. The zero-order valence-electron chi connectivity index (χ0n) is 9.90. The van der Waals surface area contributed by atoms with Gasteiger partial charge in [0.05, 0.1) is 11.5 Å². The third kappa shape index (κ3) is 1.89. The van der Waals surface area contributed by atoms with Gasteiger partial charge < -0.3 is 4.74 Å². The molecular formula is C15H10F2O2. The second kappa shape index (κ2) is 4.46. The molecule has 19 heavy (non-hydrogen) atoms. The van der Waals surface area contributed by atoms with Gasteiger partial charge in [0.1, 0.15) is 12.4 Å². The normalized spacial score (nSPS) is 16.8. The third-order valence-corrected chi connectivity index (χ3v) is 3.23. The third-order valence-electron chi connectivity index (χ3n) is 3.23. The Labute approximate surface area is 108 Å². The highest BCUT2D eigenvalue weighted by Gasteiger charge is 2.32. The summed E-state index contributed by atoms with van der Waals surface area (Å²) in [4.78, 5) is 12.3. The van der Waals surface area contributed by atoms with E-state index in [0.717, 1.165) is 11.6 Å². The molecule has 2 nitrogen and oxygen atoms in total. The van der Waals surface area contributed by atoms with Crippen LogP contribution in [0.4, 0.5) is 8.78 Å². The average molecular weight is 260 g/mol. The fraction of sp³-hybridized carbons (Fsp3) is 0.133. The summed E-state index contributed by atoms with van der Waals surface area (Å²) in [5.41, 5.74) is 0.487. The molecule has 4 heteroatoms. The molecule has 0 N–H and O–H groups in total. The Morgan fingerprint density at radius 1 is 1.11 bits per heavy atom. The Balaban J connectivity index is 2.00. The van der Waals surface area contributed by atoms with E-state index in [9.17, 15) is 13.6 Å². The van der Waals surface area contributed by atoms with Crippen molar-refractivity contribution < 1.29 is 18.3 Å². The summed E-state index contributed by atoms with van der Waals surface area (Å²) in [5, 5.41) is 0.